The Hall–Kier alpha value is -2.61. The van der Waals surface area contributed by atoms with Gasteiger partial charge in [0, 0.05) is 18.2 Å². The minimum Gasteiger partial charge on any atom is -0.360 e. The first-order chi connectivity index (χ1) is 12.1. The summed E-state index contributed by atoms with van der Waals surface area (Å²) in [4.78, 5) is 12.0. The van der Waals surface area contributed by atoms with Crippen molar-refractivity contribution >= 4 is 23.5 Å². The third-order valence-corrected chi connectivity index (χ3v) is 4.50. The van der Waals surface area contributed by atoms with E-state index in [0.29, 0.717) is 16.7 Å². The molecule has 0 fully saturated rings. The van der Waals surface area contributed by atoms with Gasteiger partial charge in [-0.2, -0.15) is 0 Å². The number of anilines is 1. The Labute approximate surface area is 149 Å². The second kappa shape index (κ2) is 7.52. The predicted octanol–water partition coefficient (Wildman–Crippen LogP) is 3.30. The molecule has 1 aromatic carbocycles. The largest absolute Gasteiger partial charge is 0.360 e. The maximum atomic E-state index is 12.0. The summed E-state index contributed by atoms with van der Waals surface area (Å²) in [5.74, 6) is 1.93. The van der Waals surface area contributed by atoms with Crippen LogP contribution in [0.3, 0.4) is 0 Å². The van der Waals surface area contributed by atoms with Gasteiger partial charge in [-0.25, -0.2) is 0 Å². The number of hydrogen-bond acceptors (Lipinski definition) is 6. The summed E-state index contributed by atoms with van der Waals surface area (Å²) in [6.07, 6.45) is 0. The predicted molar refractivity (Wildman–Crippen MR) is 96.5 cm³/mol. The molecule has 0 aliphatic rings. The van der Waals surface area contributed by atoms with Crippen molar-refractivity contribution < 1.29 is 9.32 Å². The second-order valence-electron chi connectivity index (χ2n) is 5.58. The number of thioether (sulfide) groups is 1. The molecule has 8 heteroatoms. The quantitative estimate of drug-likeness (QED) is 0.681. The monoisotopic (exact) mass is 357 g/mol. The minimum absolute atomic E-state index is 0.166. The van der Waals surface area contributed by atoms with E-state index in [2.05, 4.69) is 26.7 Å². The lowest BCUT2D eigenvalue weighted by molar-refractivity contribution is -0.113. The Morgan fingerprint density at radius 2 is 2.12 bits per heavy atom. The van der Waals surface area contributed by atoms with Gasteiger partial charge in [-0.05, 0) is 26.8 Å². The molecule has 25 heavy (non-hydrogen) atoms. The zero-order valence-corrected chi connectivity index (χ0v) is 15.1. The Kier molecular flexibility index (Phi) is 5.18. The smallest absolute Gasteiger partial charge is 0.236 e. The maximum absolute atomic E-state index is 12.0. The third kappa shape index (κ3) is 4.08. The average molecular weight is 357 g/mol. The molecular formula is C17H19N5O2S. The van der Waals surface area contributed by atoms with Crippen LogP contribution in [0.2, 0.25) is 0 Å². The van der Waals surface area contributed by atoms with E-state index in [-0.39, 0.29) is 11.7 Å². The fraction of sp³-hybridized carbons (Fsp3) is 0.294. The Bertz CT molecular complexity index is 887. The van der Waals surface area contributed by atoms with E-state index in [4.69, 9.17) is 4.52 Å². The lowest BCUT2D eigenvalue weighted by Gasteiger charge is -2.07. The number of nitrogens with zero attached hydrogens (tertiary/aromatic N) is 4. The van der Waals surface area contributed by atoms with Crippen molar-refractivity contribution in [2.45, 2.75) is 32.5 Å². The zero-order chi connectivity index (χ0) is 17.8. The Morgan fingerprint density at radius 1 is 1.28 bits per heavy atom. The first kappa shape index (κ1) is 17.2. The number of aromatic nitrogens is 4. The lowest BCUT2D eigenvalue weighted by atomic mass is 10.1. The molecule has 0 saturated heterocycles. The van der Waals surface area contributed by atoms with Gasteiger partial charge in [0.1, 0.15) is 5.76 Å². The molecule has 1 N–H and O–H groups in total. The number of benzene rings is 1. The molecule has 0 bridgehead atoms. The van der Waals surface area contributed by atoms with Gasteiger partial charge in [0.2, 0.25) is 5.91 Å². The standard InChI is InChI=1S/C17H19N5O2S/c1-4-22-16(13-7-5-6-11(2)8-13)19-20-17(22)25-10-15(23)18-14-9-12(3)24-21-14/h5-9H,4,10H2,1-3H3,(H,18,21,23). The number of amides is 1. The highest BCUT2D eigenvalue weighted by molar-refractivity contribution is 7.99. The molecule has 2 heterocycles. The van der Waals surface area contributed by atoms with Crippen LogP contribution in [0.15, 0.2) is 40.0 Å². The van der Waals surface area contributed by atoms with Crippen molar-refractivity contribution in [3.05, 3.63) is 41.7 Å². The van der Waals surface area contributed by atoms with Crippen molar-refractivity contribution in [2.24, 2.45) is 0 Å². The van der Waals surface area contributed by atoms with Crippen LogP contribution in [0.1, 0.15) is 18.2 Å². The highest BCUT2D eigenvalue weighted by atomic mass is 32.2. The van der Waals surface area contributed by atoms with Gasteiger partial charge >= 0.3 is 0 Å². The molecular weight excluding hydrogens is 338 g/mol. The van der Waals surface area contributed by atoms with Gasteiger partial charge in [-0.3, -0.25) is 4.79 Å². The van der Waals surface area contributed by atoms with Crippen molar-refractivity contribution in [2.75, 3.05) is 11.1 Å². The second-order valence-corrected chi connectivity index (χ2v) is 6.52. The fourth-order valence-corrected chi connectivity index (χ4v) is 3.21. The van der Waals surface area contributed by atoms with Gasteiger partial charge in [-0.15, -0.1) is 10.2 Å². The zero-order valence-electron chi connectivity index (χ0n) is 14.3. The SMILES string of the molecule is CCn1c(SCC(=O)Nc2cc(C)on2)nnc1-c1cccc(C)c1. The highest BCUT2D eigenvalue weighted by Crippen LogP contribution is 2.24. The van der Waals surface area contributed by atoms with Gasteiger partial charge < -0.3 is 14.4 Å². The first-order valence-corrected chi connectivity index (χ1v) is 8.91. The van der Waals surface area contributed by atoms with E-state index in [1.807, 2.05) is 36.6 Å². The van der Waals surface area contributed by atoms with E-state index in [0.717, 1.165) is 17.9 Å². The first-order valence-electron chi connectivity index (χ1n) is 7.93. The van der Waals surface area contributed by atoms with E-state index in [9.17, 15) is 4.79 Å². The molecule has 0 saturated carbocycles. The van der Waals surface area contributed by atoms with Crippen molar-refractivity contribution in [1.29, 1.82) is 0 Å². The van der Waals surface area contributed by atoms with E-state index in [1.54, 1.807) is 13.0 Å². The molecule has 0 aliphatic heterocycles. The number of carbonyl (C=O) groups is 1. The summed E-state index contributed by atoms with van der Waals surface area (Å²) in [5, 5.41) is 15.7. The maximum Gasteiger partial charge on any atom is 0.236 e. The summed E-state index contributed by atoms with van der Waals surface area (Å²) >= 11 is 1.34. The van der Waals surface area contributed by atoms with Crippen LogP contribution in [0.4, 0.5) is 5.82 Å². The summed E-state index contributed by atoms with van der Waals surface area (Å²) in [5.41, 5.74) is 2.18. The summed E-state index contributed by atoms with van der Waals surface area (Å²) in [6, 6.07) is 9.80. The summed E-state index contributed by atoms with van der Waals surface area (Å²) in [6.45, 7) is 6.57. The summed E-state index contributed by atoms with van der Waals surface area (Å²) < 4.78 is 6.94. The van der Waals surface area contributed by atoms with Crippen LogP contribution in [-0.4, -0.2) is 31.6 Å². The molecule has 1 amide bonds. The fourth-order valence-electron chi connectivity index (χ4n) is 2.41. The van der Waals surface area contributed by atoms with Gasteiger partial charge in [0.05, 0.1) is 5.75 Å². The number of nitrogens with one attached hydrogen (secondary N) is 1. The van der Waals surface area contributed by atoms with Crippen molar-refractivity contribution in [3.8, 4) is 11.4 Å². The number of hydrogen-bond donors (Lipinski definition) is 1. The van der Waals surface area contributed by atoms with Crippen LogP contribution >= 0.6 is 11.8 Å². The lowest BCUT2D eigenvalue weighted by Crippen LogP contribution is -2.14. The van der Waals surface area contributed by atoms with E-state index >= 15 is 0 Å². The molecule has 0 spiro atoms. The highest BCUT2D eigenvalue weighted by Gasteiger charge is 2.15. The number of rotatable bonds is 6. The Balaban J connectivity index is 1.69. The Morgan fingerprint density at radius 3 is 2.80 bits per heavy atom. The third-order valence-electron chi connectivity index (χ3n) is 3.54. The number of carbonyl (C=O) groups excluding carboxylic acids is 1. The van der Waals surface area contributed by atoms with Gasteiger partial charge in [-0.1, -0.05) is 40.7 Å². The molecule has 3 rings (SSSR count). The van der Waals surface area contributed by atoms with Crippen LogP contribution < -0.4 is 5.32 Å². The molecule has 2 aromatic heterocycles. The topological polar surface area (TPSA) is 85.8 Å². The molecule has 0 unspecified atom stereocenters. The van der Waals surface area contributed by atoms with E-state index < -0.39 is 0 Å². The average Bonchev–Trinajstić information content (AvgIpc) is 3.18. The van der Waals surface area contributed by atoms with Crippen LogP contribution in [0.5, 0.6) is 0 Å². The van der Waals surface area contributed by atoms with Crippen LogP contribution in [0.25, 0.3) is 11.4 Å². The van der Waals surface area contributed by atoms with Gasteiger partial charge in [0.25, 0.3) is 0 Å². The van der Waals surface area contributed by atoms with E-state index in [1.165, 1.54) is 17.3 Å². The van der Waals surface area contributed by atoms with Crippen LogP contribution in [-0.2, 0) is 11.3 Å². The van der Waals surface area contributed by atoms with Crippen LogP contribution in [0, 0.1) is 13.8 Å². The molecule has 7 nitrogen and oxygen atoms in total. The normalized spacial score (nSPS) is 10.8. The molecule has 0 aliphatic carbocycles. The van der Waals surface area contributed by atoms with Gasteiger partial charge in [0.15, 0.2) is 16.8 Å². The molecule has 0 atom stereocenters. The summed E-state index contributed by atoms with van der Waals surface area (Å²) in [7, 11) is 0. The number of aryl methyl sites for hydroxylation is 2. The minimum atomic E-state index is -0.166. The van der Waals surface area contributed by atoms with Crippen molar-refractivity contribution in [1.82, 2.24) is 19.9 Å². The molecule has 3 aromatic rings. The molecule has 130 valence electrons. The molecule has 0 radical (unpaired) electrons. The van der Waals surface area contributed by atoms with Crippen molar-refractivity contribution in [3.63, 3.8) is 0 Å².